The molecule has 3 saturated carbocycles. The maximum Gasteiger partial charge on any atom is 0.0795 e. The van der Waals surface area contributed by atoms with Crippen molar-refractivity contribution in [3.63, 3.8) is 0 Å². The Morgan fingerprint density at radius 1 is 1.22 bits per heavy atom. The SMILES string of the molecule is C#C[C]1CC[C@H]2[C@@H]3CCC4=C/C(=N/O)CC[C@@H]4[C@H]3CC[C@@]12CC. The Hall–Kier alpha value is -1.23. The zero-order chi connectivity index (χ0) is 16.0. The Labute approximate surface area is 140 Å². The third-order valence-electron chi connectivity index (χ3n) is 7.76. The van der Waals surface area contributed by atoms with Crippen LogP contribution in [0.5, 0.6) is 0 Å². The van der Waals surface area contributed by atoms with Gasteiger partial charge in [0.15, 0.2) is 0 Å². The zero-order valence-corrected chi connectivity index (χ0v) is 14.2. The van der Waals surface area contributed by atoms with Crippen LogP contribution in [-0.2, 0) is 0 Å². The van der Waals surface area contributed by atoms with E-state index in [1.54, 1.807) is 5.57 Å². The fraction of sp³-hybridized carbons (Fsp3) is 0.714. The number of hydrogen-bond donors (Lipinski definition) is 1. The van der Waals surface area contributed by atoms with Crippen LogP contribution in [0.3, 0.4) is 0 Å². The molecule has 4 rings (SSSR count). The minimum Gasteiger partial charge on any atom is -0.411 e. The predicted molar refractivity (Wildman–Crippen MR) is 93.0 cm³/mol. The molecular formula is C21H28NO. The van der Waals surface area contributed by atoms with Crippen molar-refractivity contribution >= 4 is 5.71 Å². The molecule has 2 heteroatoms. The van der Waals surface area contributed by atoms with Gasteiger partial charge in [-0.05, 0) is 93.0 Å². The van der Waals surface area contributed by atoms with Crippen LogP contribution in [0.15, 0.2) is 16.8 Å². The molecule has 1 N–H and O–H groups in total. The number of allylic oxidation sites excluding steroid dienone is 2. The summed E-state index contributed by atoms with van der Waals surface area (Å²) in [6.07, 6.45) is 19.1. The van der Waals surface area contributed by atoms with Crippen LogP contribution >= 0.6 is 0 Å². The van der Waals surface area contributed by atoms with Crippen LogP contribution in [0, 0.1) is 47.3 Å². The van der Waals surface area contributed by atoms with Crippen LogP contribution in [0.25, 0.3) is 0 Å². The van der Waals surface area contributed by atoms with Crippen LogP contribution in [0.2, 0.25) is 0 Å². The highest BCUT2D eigenvalue weighted by Crippen LogP contribution is 2.65. The molecule has 0 aromatic carbocycles. The third-order valence-corrected chi connectivity index (χ3v) is 7.76. The predicted octanol–water partition coefficient (Wildman–Crippen LogP) is 4.99. The highest BCUT2D eigenvalue weighted by molar-refractivity contribution is 5.96. The van der Waals surface area contributed by atoms with Gasteiger partial charge in [-0.1, -0.05) is 23.6 Å². The first kappa shape index (κ1) is 15.3. The number of fused-ring (bicyclic) bond motifs is 5. The summed E-state index contributed by atoms with van der Waals surface area (Å²) < 4.78 is 0. The summed E-state index contributed by atoms with van der Waals surface area (Å²) in [6.45, 7) is 2.36. The summed E-state index contributed by atoms with van der Waals surface area (Å²) in [5, 5.41) is 12.5. The lowest BCUT2D eigenvalue weighted by atomic mass is 9.50. The van der Waals surface area contributed by atoms with Crippen molar-refractivity contribution in [2.75, 3.05) is 0 Å². The second kappa shape index (κ2) is 5.69. The van der Waals surface area contributed by atoms with E-state index >= 15 is 0 Å². The summed E-state index contributed by atoms with van der Waals surface area (Å²) in [5.41, 5.74) is 2.81. The van der Waals surface area contributed by atoms with Gasteiger partial charge in [0.2, 0.25) is 0 Å². The first-order chi connectivity index (χ1) is 11.2. The van der Waals surface area contributed by atoms with Crippen molar-refractivity contribution in [1.29, 1.82) is 0 Å². The van der Waals surface area contributed by atoms with Gasteiger partial charge in [0.05, 0.1) is 11.6 Å². The molecule has 0 aromatic rings. The van der Waals surface area contributed by atoms with Gasteiger partial charge in [0.25, 0.3) is 0 Å². The van der Waals surface area contributed by atoms with Gasteiger partial charge in [-0.25, -0.2) is 0 Å². The van der Waals surface area contributed by atoms with E-state index in [-0.39, 0.29) is 0 Å². The summed E-state index contributed by atoms with van der Waals surface area (Å²) in [6, 6.07) is 0. The Kier molecular flexibility index (Phi) is 3.79. The average Bonchev–Trinajstić information content (AvgIpc) is 2.99. The van der Waals surface area contributed by atoms with Crippen LogP contribution in [-0.4, -0.2) is 10.9 Å². The summed E-state index contributed by atoms with van der Waals surface area (Å²) in [5.74, 6) is 7.79. The van der Waals surface area contributed by atoms with Crippen molar-refractivity contribution in [2.45, 2.75) is 64.7 Å². The number of oxime groups is 1. The number of rotatable bonds is 1. The maximum absolute atomic E-state index is 9.08. The van der Waals surface area contributed by atoms with Crippen molar-refractivity contribution < 1.29 is 5.21 Å². The largest absolute Gasteiger partial charge is 0.411 e. The monoisotopic (exact) mass is 310 g/mol. The fourth-order valence-electron chi connectivity index (χ4n) is 6.77. The highest BCUT2D eigenvalue weighted by atomic mass is 16.4. The lowest BCUT2D eigenvalue weighted by Gasteiger charge is -2.54. The molecule has 0 saturated heterocycles. The number of terminal acetylenes is 1. The number of nitrogens with zero attached hydrogens (tertiary/aromatic N) is 1. The summed E-state index contributed by atoms with van der Waals surface area (Å²) >= 11 is 0. The first-order valence-corrected chi connectivity index (χ1v) is 9.47. The van der Waals surface area contributed by atoms with E-state index < -0.39 is 0 Å². The smallest absolute Gasteiger partial charge is 0.0795 e. The van der Waals surface area contributed by atoms with Crippen LogP contribution in [0.1, 0.15) is 64.7 Å². The molecule has 5 atom stereocenters. The first-order valence-electron chi connectivity index (χ1n) is 9.47. The number of hydrogen-bond acceptors (Lipinski definition) is 2. The molecule has 3 fully saturated rings. The van der Waals surface area contributed by atoms with Crippen molar-refractivity contribution in [1.82, 2.24) is 0 Å². The average molecular weight is 310 g/mol. The van der Waals surface area contributed by atoms with Gasteiger partial charge in [-0.3, -0.25) is 0 Å². The van der Waals surface area contributed by atoms with Gasteiger partial charge in [-0.15, -0.1) is 6.42 Å². The van der Waals surface area contributed by atoms with Crippen LogP contribution < -0.4 is 0 Å². The Morgan fingerprint density at radius 3 is 2.83 bits per heavy atom. The second-order valence-corrected chi connectivity index (χ2v) is 8.14. The molecule has 4 aliphatic carbocycles. The zero-order valence-electron chi connectivity index (χ0n) is 14.2. The minimum absolute atomic E-state index is 0.365. The minimum atomic E-state index is 0.365. The second-order valence-electron chi connectivity index (χ2n) is 8.14. The molecule has 0 amide bonds. The molecule has 2 nitrogen and oxygen atoms in total. The highest BCUT2D eigenvalue weighted by Gasteiger charge is 2.57. The molecule has 0 bridgehead atoms. The van der Waals surface area contributed by atoms with Gasteiger partial charge in [-0.2, -0.15) is 0 Å². The van der Waals surface area contributed by atoms with E-state index in [1.165, 1.54) is 57.3 Å². The van der Waals surface area contributed by atoms with Crippen molar-refractivity contribution in [3.05, 3.63) is 17.6 Å². The van der Waals surface area contributed by atoms with Crippen molar-refractivity contribution in [2.24, 2.45) is 34.2 Å². The van der Waals surface area contributed by atoms with Gasteiger partial charge in [0.1, 0.15) is 0 Å². The quantitative estimate of drug-likeness (QED) is 0.413. The summed E-state index contributed by atoms with van der Waals surface area (Å²) in [7, 11) is 0. The molecule has 0 unspecified atom stereocenters. The van der Waals surface area contributed by atoms with Gasteiger partial charge in [0, 0.05) is 0 Å². The topological polar surface area (TPSA) is 32.6 Å². The molecule has 0 spiro atoms. The van der Waals surface area contributed by atoms with E-state index in [0.29, 0.717) is 5.41 Å². The van der Waals surface area contributed by atoms with E-state index in [9.17, 15) is 0 Å². The molecule has 123 valence electrons. The Morgan fingerprint density at radius 2 is 2.09 bits per heavy atom. The normalized spacial score (nSPS) is 44.9. The summed E-state index contributed by atoms with van der Waals surface area (Å²) in [4.78, 5) is 0. The third kappa shape index (κ3) is 2.12. The molecule has 0 aromatic heterocycles. The van der Waals surface area contributed by atoms with Crippen molar-refractivity contribution in [3.8, 4) is 12.3 Å². The molecular weight excluding hydrogens is 282 g/mol. The lowest BCUT2D eigenvalue weighted by Crippen LogP contribution is -2.46. The molecule has 23 heavy (non-hydrogen) atoms. The van der Waals surface area contributed by atoms with E-state index in [4.69, 9.17) is 11.6 Å². The molecule has 4 aliphatic rings. The van der Waals surface area contributed by atoms with Gasteiger partial charge >= 0.3 is 0 Å². The fourth-order valence-corrected chi connectivity index (χ4v) is 6.77. The molecule has 0 aliphatic heterocycles. The van der Waals surface area contributed by atoms with Gasteiger partial charge < -0.3 is 5.21 Å². The van der Waals surface area contributed by atoms with E-state index in [2.05, 4.69) is 24.1 Å². The Balaban J connectivity index is 1.63. The van der Waals surface area contributed by atoms with E-state index in [1.807, 2.05) is 0 Å². The standard InChI is InChI=1S/C21H28NO/c1-3-15-6-10-20-19-8-5-14-13-16(22-23)7-9-17(14)18(19)11-12-21(15,20)4-2/h1,13,17-20,23H,4-12H2,2H3/b22-16+/t17-,18+,19+,20-,21-/m0/s1. The van der Waals surface area contributed by atoms with Crippen LogP contribution in [0.4, 0.5) is 0 Å². The Bertz CT molecular complexity index is 583. The maximum atomic E-state index is 9.08. The van der Waals surface area contributed by atoms with E-state index in [0.717, 1.165) is 35.8 Å². The molecule has 1 radical (unpaired) electrons. The lowest BCUT2D eigenvalue weighted by molar-refractivity contribution is -0.00179. The molecule has 0 heterocycles.